The average molecular weight is 431 g/mol. The summed E-state index contributed by atoms with van der Waals surface area (Å²) >= 11 is 0. The first kappa shape index (κ1) is 24.8. The molecule has 0 aromatic heterocycles. The van der Waals surface area contributed by atoms with Crippen LogP contribution in [-0.4, -0.2) is 64.6 Å². The lowest BCUT2D eigenvalue weighted by Gasteiger charge is -2.39. The van der Waals surface area contributed by atoms with Gasteiger partial charge in [0.2, 0.25) is 0 Å². The highest BCUT2D eigenvalue weighted by Crippen LogP contribution is 2.27. The van der Waals surface area contributed by atoms with Crippen LogP contribution in [0.5, 0.6) is 0 Å². The fraction of sp³-hybridized carbons (Fsp3) is 1.00. The summed E-state index contributed by atoms with van der Waals surface area (Å²) in [7, 11) is -5.03. The predicted octanol–water partition coefficient (Wildman–Crippen LogP) is 3.51. The Morgan fingerprint density at radius 1 is 0.667 bits per heavy atom. The van der Waals surface area contributed by atoms with Gasteiger partial charge in [-0.05, 0) is 58.4 Å². The fourth-order valence-electron chi connectivity index (χ4n) is 2.93. The molecule has 6 nitrogen and oxygen atoms in total. The van der Waals surface area contributed by atoms with Gasteiger partial charge in [-0.25, -0.2) is 0 Å². The molecule has 0 aliphatic rings. The lowest BCUT2D eigenvalue weighted by Crippen LogP contribution is -2.55. The monoisotopic (exact) mass is 430 g/mol. The Labute approximate surface area is 154 Å². The average Bonchev–Trinajstić information content (AvgIpc) is 2.36. The Hall–Kier alpha value is 0.844. The molecule has 0 saturated heterocycles. The largest absolute Gasteiger partial charge is 0.499 e. The van der Waals surface area contributed by atoms with Gasteiger partial charge in [-0.1, -0.05) is 0 Å². The summed E-state index contributed by atoms with van der Waals surface area (Å²) in [5.41, 5.74) is 0. The Bertz CT molecular complexity index is 366. The molecule has 0 heterocycles. The Kier molecular flexibility index (Phi) is 10.0. The summed E-state index contributed by atoms with van der Waals surface area (Å²) in [6, 6.07) is 1.67. The van der Waals surface area contributed by atoms with Gasteiger partial charge in [0.1, 0.15) is 0 Å². The van der Waals surface area contributed by atoms with Crippen molar-refractivity contribution >= 4 is 43.3 Å². The summed E-state index contributed by atoms with van der Waals surface area (Å²) in [5, 5.41) is 0. The van der Waals surface area contributed by atoms with Crippen LogP contribution in [0, 0.1) is 0 Å². The van der Waals surface area contributed by atoms with Crippen LogP contribution in [0.15, 0.2) is 0 Å². The molecule has 0 bridgehead atoms. The van der Waals surface area contributed by atoms with Crippen molar-refractivity contribution < 1.29 is 25.6 Å². The third kappa shape index (κ3) is 9.52. The van der Waals surface area contributed by atoms with E-state index in [1.54, 1.807) is 21.3 Å². The molecule has 0 unspecified atom stereocenters. The molecule has 0 amide bonds. The lowest BCUT2D eigenvalue weighted by atomic mass is 10.9. The second-order valence-electron chi connectivity index (χ2n) is 7.73. The van der Waals surface area contributed by atoms with E-state index in [0.29, 0.717) is 0 Å². The van der Waals surface area contributed by atoms with E-state index in [9.17, 15) is 0 Å². The van der Waals surface area contributed by atoms with Crippen molar-refractivity contribution in [1.82, 2.24) is 0 Å². The van der Waals surface area contributed by atoms with Crippen LogP contribution in [0.3, 0.4) is 0 Å². The van der Waals surface area contributed by atoms with Crippen molar-refractivity contribution in [3.63, 3.8) is 0 Å². The van der Waals surface area contributed by atoms with Crippen molar-refractivity contribution in [2.75, 3.05) is 21.3 Å². The van der Waals surface area contributed by atoms with E-state index in [4.69, 9.17) is 25.6 Å². The molecule has 0 aliphatic heterocycles. The fourth-order valence-corrected chi connectivity index (χ4v) is 23.9. The molecule has 0 saturated carbocycles. The first-order chi connectivity index (χ1) is 10.7. The molecule has 0 aromatic carbocycles. The van der Waals surface area contributed by atoms with Gasteiger partial charge in [0, 0.05) is 27.4 Å². The van der Waals surface area contributed by atoms with Gasteiger partial charge in [0.05, 0.1) is 0 Å². The SMILES string of the molecule is CO[Si](CC[Si](C)(C)O[Si](C)(C)O[Si](C)(C)O[SiH](C)C)(OC)OC. The van der Waals surface area contributed by atoms with Crippen molar-refractivity contribution in [1.29, 1.82) is 0 Å². The zero-order valence-electron chi connectivity index (χ0n) is 17.4. The zero-order valence-corrected chi connectivity index (χ0v) is 22.6. The molecule has 11 heteroatoms. The van der Waals surface area contributed by atoms with E-state index in [0.717, 1.165) is 12.1 Å². The second-order valence-corrected chi connectivity index (χ2v) is 25.1. The molecule has 0 atom stereocenters. The highest BCUT2D eigenvalue weighted by Gasteiger charge is 2.44. The van der Waals surface area contributed by atoms with E-state index in [1.165, 1.54) is 0 Å². The molecule has 0 aliphatic carbocycles. The van der Waals surface area contributed by atoms with Crippen LogP contribution in [0.25, 0.3) is 0 Å². The van der Waals surface area contributed by atoms with Crippen molar-refractivity contribution in [3.05, 3.63) is 0 Å². The van der Waals surface area contributed by atoms with E-state index in [2.05, 4.69) is 52.4 Å². The first-order valence-corrected chi connectivity index (χ1v) is 21.9. The molecule has 0 aromatic rings. The van der Waals surface area contributed by atoms with Crippen molar-refractivity contribution in [2.24, 2.45) is 0 Å². The summed E-state index contributed by atoms with van der Waals surface area (Å²) in [6.45, 7) is 17.3. The molecular formula is C13H38O6Si5. The van der Waals surface area contributed by atoms with Gasteiger partial charge in [0.15, 0.2) is 17.4 Å². The first-order valence-electron chi connectivity index (χ1n) is 8.46. The van der Waals surface area contributed by atoms with Crippen molar-refractivity contribution in [2.45, 2.75) is 64.5 Å². The lowest BCUT2D eigenvalue weighted by molar-refractivity contribution is 0.124. The standard InChI is InChI=1S/C13H38O6Si5/c1-14-24(15-2,16-3)13-12-21(6,7)18-23(10,11)19-22(8,9)17-20(4)5/h20H,12-13H2,1-11H3. The van der Waals surface area contributed by atoms with Gasteiger partial charge < -0.3 is 25.6 Å². The maximum atomic E-state index is 6.55. The van der Waals surface area contributed by atoms with Crippen LogP contribution < -0.4 is 0 Å². The molecular weight excluding hydrogens is 393 g/mol. The molecule has 0 rings (SSSR count). The Morgan fingerprint density at radius 3 is 1.50 bits per heavy atom. The van der Waals surface area contributed by atoms with E-state index in [1.807, 2.05) is 0 Å². The third-order valence-corrected chi connectivity index (χ3v) is 20.4. The molecule has 0 N–H and O–H groups in total. The predicted molar refractivity (Wildman–Crippen MR) is 111 cm³/mol. The minimum atomic E-state index is -2.55. The number of hydrogen-bond acceptors (Lipinski definition) is 6. The Morgan fingerprint density at radius 2 is 1.12 bits per heavy atom. The molecule has 146 valence electrons. The molecule has 0 radical (unpaired) electrons. The number of hydrogen-bond donors (Lipinski definition) is 0. The molecule has 0 fully saturated rings. The zero-order chi connectivity index (χ0) is 19.2. The van der Waals surface area contributed by atoms with Gasteiger partial charge in [-0.2, -0.15) is 0 Å². The van der Waals surface area contributed by atoms with Gasteiger partial charge >= 0.3 is 25.9 Å². The molecule has 24 heavy (non-hydrogen) atoms. The topological polar surface area (TPSA) is 55.4 Å². The van der Waals surface area contributed by atoms with Crippen LogP contribution in [0.4, 0.5) is 0 Å². The summed E-state index contributed by atoms with van der Waals surface area (Å²) in [4.78, 5) is 0. The van der Waals surface area contributed by atoms with E-state index >= 15 is 0 Å². The normalized spacial score (nSPS) is 14.5. The van der Waals surface area contributed by atoms with Crippen LogP contribution in [0.1, 0.15) is 0 Å². The van der Waals surface area contributed by atoms with E-state index in [-0.39, 0.29) is 0 Å². The van der Waals surface area contributed by atoms with Crippen LogP contribution in [0.2, 0.25) is 64.5 Å². The summed E-state index contributed by atoms with van der Waals surface area (Å²) in [6.07, 6.45) is 0. The Balaban J connectivity index is 4.82. The highest BCUT2D eigenvalue weighted by atomic mass is 28.5. The summed E-state index contributed by atoms with van der Waals surface area (Å²) < 4.78 is 35.6. The molecule has 0 spiro atoms. The minimum absolute atomic E-state index is 0.760. The van der Waals surface area contributed by atoms with Gasteiger partial charge in [-0.15, -0.1) is 0 Å². The maximum Gasteiger partial charge on any atom is 0.499 e. The minimum Gasteiger partial charge on any atom is -0.440 e. The van der Waals surface area contributed by atoms with E-state index < -0.39 is 43.3 Å². The van der Waals surface area contributed by atoms with Crippen LogP contribution in [-0.2, 0) is 25.6 Å². The van der Waals surface area contributed by atoms with Gasteiger partial charge in [0.25, 0.3) is 0 Å². The summed E-state index contributed by atoms with van der Waals surface area (Å²) in [5.74, 6) is 0. The number of rotatable bonds is 12. The second kappa shape index (κ2) is 9.69. The van der Waals surface area contributed by atoms with Crippen LogP contribution >= 0.6 is 0 Å². The highest BCUT2D eigenvalue weighted by molar-refractivity contribution is 6.88. The smallest absolute Gasteiger partial charge is 0.440 e. The van der Waals surface area contributed by atoms with Gasteiger partial charge in [-0.3, -0.25) is 0 Å². The van der Waals surface area contributed by atoms with Crippen molar-refractivity contribution in [3.8, 4) is 0 Å². The third-order valence-electron chi connectivity index (χ3n) is 3.50. The quantitative estimate of drug-likeness (QED) is 0.442. The maximum absolute atomic E-state index is 6.55.